The summed E-state index contributed by atoms with van der Waals surface area (Å²) in [6.45, 7) is 1.78. The number of thiocarbonyl (C=S) groups is 1. The number of nitrogens with zero attached hydrogens (tertiary/aromatic N) is 2. The summed E-state index contributed by atoms with van der Waals surface area (Å²) < 4.78 is 1.30. The van der Waals surface area contributed by atoms with Crippen molar-refractivity contribution in [3.05, 3.63) is 82.3 Å². The molecule has 0 saturated carbocycles. The maximum Gasteiger partial charge on any atom is 0.295 e. The Balaban J connectivity index is 1.75. The second-order valence-corrected chi connectivity index (χ2v) is 10.0. The van der Waals surface area contributed by atoms with Gasteiger partial charge >= 0.3 is 0 Å². The zero-order valence-corrected chi connectivity index (χ0v) is 20.9. The topological polar surface area (TPSA) is 80.1 Å². The molecule has 0 fully saturated rings. The van der Waals surface area contributed by atoms with E-state index in [1.807, 2.05) is 60.7 Å². The first kappa shape index (κ1) is 25.1. The molecule has 0 radical (unpaired) electrons. The average molecular weight is 527 g/mol. The van der Waals surface area contributed by atoms with E-state index in [-0.39, 0.29) is 28.7 Å². The van der Waals surface area contributed by atoms with Gasteiger partial charge in [0.25, 0.3) is 5.56 Å². The number of benzene rings is 2. The van der Waals surface area contributed by atoms with Crippen LogP contribution >= 0.6 is 47.0 Å². The van der Waals surface area contributed by atoms with E-state index in [1.54, 1.807) is 18.7 Å². The van der Waals surface area contributed by atoms with Crippen molar-refractivity contribution in [1.29, 1.82) is 0 Å². The molecule has 0 unspecified atom stereocenters. The van der Waals surface area contributed by atoms with Crippen LogP contribution in [0, 0.1) is 6.92 Å². The van der Waals surface area contributed by atoms with E-state index in [2.05, 4.69) is 16.0 Å². The number of alkyl halides is 3. The molecule has 0 spiro atoms. The summed E-state index contributed by atoms with van der Waals surface area (Å²) in [6.07, 6.45) is -1.04. The number of carbonyl (C=O) groups is 1. The molecular weight excluding hydrogens is 505 g/mol. The highest BCUT2D eigenvalue weighted by molar-refractivity contribution is 7.80. The molecule has 0 aliphatic heterocycles. The van der Waals surface area contributed by atoms with Crippen molar-refractivity contribution in [3.8, 4) is 5.69 Å². The van der Waals surface area contributed by atoms with Crippen molar-refractivity contribution in [2.24, 2.45) is 7.05 Å². The number of anilines is 1. The van der Waals surface area contributed by atoms with Crippen LogP contribution in [-0.2, 0) is 18.3 Å². The quantitative estimate of drug-likeness (QED) is 0.258. The monoisotopic (exact) mass is 525 g/mol. The fraction of sp³-hybridized carbons (Fsp3) is 0.227. The van der Waals surface area contributed by atoms with Crippen molar-refractivity contribution in [1.82, 2.24) is 20.0 Å². The van der Waals surface area contributed by atoms with Crippen molar-refractivity contribution in [3.63, 3.8) is 0 Å². The molecule has 1 heterocycles. The number of rotatable bonds is 6. The first-order chi connectivity index (χ1) is 15.6. The van der Waals surface area contributed by atoms with Crippen molar-refractivity contribution in [2.75, 3.05) is 5.32 Å². The van der Waals surface area contributed by atoms with Crippen molar-refractivity contribution >= 4 is 63.7 Å². The van der Waals surface area contributed by atoms with E-state index in [1.165, 1.54) is 4.68 Å². The number of carbonyl (C=O) groups excluding carboxylic acids is 1. The highest BCUT2D eigenvalue weighted by Crippen LogP contribution is 2.29. The Morgan fingerprint density at radius 2 is 1.61 bits per heavy atom. The molecule has 3 aromatic rings. The molecule has 3 rings (SSSR count). The van der Waals surface area contributed by atoms with Gasteiger partial charge in [-0.2, -0.15) is 0 Å². The van der Waals surface area contributed by atoms with Crippen LogP contribution in [0.4, 0.5) is 5.69 Å². The number of aromatic nitrogens is 2. The molecule has 7 nitrogen and oxygen atoms in total. The number of nitrogens with one attached hydrogen (secondary N) is 3. The molecular formula is C22H22Cl3N5O2S. The second kappa shape index (κ2) is 10.6. The van der Waals surface area contributed by atoms with Gasteiger partial charge in [-0.3, -0.25) is 14.3 Å². The Labute approximate surface area is 211 Å². The lowest BCUT2D eigenvalue weighted by atomic mass is 10.1. The van der Waals surface area contributed by atoms with Gasteiger partial charge in [0.15, 0.2) is 5.11 Å². The summed E-state index contributed by atoms with van der Waals surface area (Å²) in [7, 11) is 1.76. The molecule has 1 amide bonds. The van der Waals surface area contributed by atoms with Crippen LogP contribution in [0.5, 0.6) is 0 Å². The molecule has 0 saturated heterocycles. The van der Waals surface area contributed by atoms with Gasteiger partial charge < -0.3 is 16.0 Å². The zero-order chi connectivity index (χ0) is 24.2. The van der Waals surface area contributed by atoms with Crippen LogP contribution in [0.3, 0.4) is 0 Å². The maximum absolute atomic E-state index is 13.1. The number of para-hydroxylation sites is 1. The minimum absolute atomic E-state index is 0.0114. The van der Waals surface area contributed by atoms with Gasteiger partial charge in [0.1, 0.15) is 11.9 Å². The minimum atomic E-state index is -1.91. The molecule has 1 atom stereocenters. The van der Waals surface area contributed by atoms with Gasteiger partial charge in [0, 0.05) is 7.05 Å². The van der Waals surface area contributed by atoms with E-state index in [4.69, 9.17) is 47.0 Å². The molecule has 174 valence electrons. The predicted octanol–water partition coefficient (Wildman–Crippen LogP) is 3.83. The Kier molecular flexibility index (Phi) is 8.07. The summed E-state index contributed by atoms with van der Waals surface area (Å²) in [5.41, 5.74) is 2.11. The third-order valence-corrected chi connectivity index (χ3v) is 5.78. The predicted molar refractivity (Wildman–Crippen MR) is 137 cm³/mol. The summed E-state index contributed by atoms with van der Waals surface area (Å²) in [5, 5.41) is 8.30. The third-order valence-electron chi connectivity index (χ3n) is 4.91. The standard InChI is InChI=1S/C22H22Cl3N5O2S/c1-14-18(19(32)30(29(14)2)16-11-7-4-8-12-16)27-21(33)28-20(22(23,24)25)26-17(31)13-15-9-5-3-6-10-15/h3-12,20H,13H2,1-2H3,(H,26,31)(H2,27,28,33)/t20-/m0/s1. The molecule has 2 aromatic carbocycles. The first-order valence-electron chi connectivity index (χ1n) is 9.89. The Morgan fingerprint density at radius 3 is 2.18 bits per heavy atom. The van der Waals surface area contributed by atoms with Crippen molar-refractivity contribution < 1.29 is 4.79 Å². The molecule has 3 N–H and O–H groups in total. The van der Waals surface area contributed by atoms with E-state index < -0.39 is 9.96 Å². The fourth-order valence-electron chi connectivity index (χ4n) is 3.19. The van der Waals surface area contributed by atoms with Crippen LogP contribution in [-0.4, -0.2) is 30.3 Å². The Bertz CT molecular complexity index is 1190. The third kappa shape index (κ3) is 6.29. The van der Waals surface area contributed by atoms with E-state index in [0.717, 1.165) is 5.56 Å². The minimum Gasteiger partial charge on any atom is -0.339 e. The number of halogens is 3. The van der Waals surface area contributed by atoms with Gasteiger partial charge in [0.05, 0.1) is 17.8 Å². The summed E-state index contributed by atoms with van der Waals surface area (Å²) in [6, 6.07) is 18.3. The second-order valence-electron chi connectivity index (χ2n) is 7.24. The number of hydrogen-bond acceptors (Lipinski definition) is 3. The van der Waals surface area contributed by atoms with Crippen LogP contribution in [0.15, 0.2) is 65.5 Å². The van der Waals surface area contributed by atoms with Crippen LogP contribution in [0.2, 0.25) is 0 Å². The molecule has 0 aliphatic carbocycles. The first-order valence-corrected chi connectivity index (χ1v) is 11.4. The normalized spacial score (nSPS) is 12.2. The molecule has 0 bridgehead atoms. The summed E-state index contributed by atoms with van der Waals surface area (Å²) in [4.78, 5) is 25.5. The van der Waals surface area contributed by atoms with E-state index >= 15 is 0 Å². The molecule has 33 heavy (non-hydrogen) atoms. The summed E-state index contributed by atoms with van der Waals surface area (Å²) in [5.74, 6) is -0.366. The van der Waals surface area contributed by atoms with Crippen LogP contribution in [0.1, 0.15) is 11.3 Å². The number of hydrogen-bond donors (Lipinski definition) is 3. The summed E-state index contributed by atoms with van der Waals surface area (Å²) >= 11 is 23.5. The average Bonchev–Trinajstić information content (AvgIpc) is 2.97. The lowest BCUT2D eigenvalue weighted by molar-refractivity contribution is -0.121. The molecule has 1 aromatic heterocycles. The van der Waals surface area contributed by atoms with E-state index in [9.17, 15) is 9.59 Å². The zero-order valence-electron chi connectivity index (χ0n) is 17.8. The highest BCUT2D eigenvalue weighted by atomic mass is 35.6. The van der Waals surface area contributed by atoms with Gasteiger partial charge in [-0.15, -0.1) is 0 Å². The van der Waals surface area contributed by atoms with Crippen molar-refractivity contribution in [2.45, 2.75) is 23.3 Å². The van der Waals surface area contributed by atoms with Gasteiger partial charge in [-0.25, -0.2) is 4.68 Å². The SMILES string of the molecule is Cc1c(NC(=S)N[C@H](NC(=O)Cc2ccccc2)C(Cl)(Cl)Cl)c(=O)n(-c2ccccc2)n1C. The van der Waals surface area contributed by atoms with Gasteiger partial charge in [-0.1, -0.05) is 83.3 Å². The highest BCUT2D eigenvalue weighted by Gasteiger charge is 2.35. The van der Waals surface area contributed by atoms with Gasteiger partial charge in [0.2, 0.25) is 9.70 Å². The van der Waals surface area contributed by atoms with E-state index in [0.29, 0.717) is 11.4 Å². The van der Waals surface area contributed by atoms with Gasteiger partial charge in [-0.05, 0) is 36.8 Å². The lowest BCUT2D eigenvalue weighted by Crippen LogP contribution is -2.56. The fourth-order valence-corrected chi connectivity index (χ4v) is 3.73. The smallest absolute Gasteiger partial charge is 0.295 e. The number of amides is 1. The lowest BCUT2D eigenvalue weighted by Gasteiger charge is -2.27. The van der Waals surface area contributed by atoms with Crippen LogP contribution < -0.4 is 21.5 Å². The Morgan fingerprint density at radius 1 is 1.03 bits per heavy atom. The largest absolute Gasteiger partial charge is 0.339 e. The molecule has 0 aliphatic rings. The Hall–Kier alpha value is -2.52. The maximum atomic E-state index is 13.1. The molecule has 11 heteroatoms. The van der Waals surface area contributed by atoms with Crippen LogP contribution in [0.25, 0.3) is 5.69 Å².